The monoisotopic (exact) mass is 220 g/mol. The van der Waals surface area contributed by atoms with Crippen LogP contribution in [-0.2, 0) is 13.6 Å². The molecule has 0 aromatic carbocycles. The van der Waals surface area contributed by atoms with E-state index in [0.29, 0.717) is 0 Å². The molecule has 0 saturated carbocycles. The lowest BCUT2D eigenvalue weighted by molar-refractivity contribution is 0.492. The van der Waals surface area contributed by atoms with Gasteiger partial charge in [0.15, 0.2) is 5.96 Å². The lowest BCUT2D eigenvalue weighted by atomic mass is 10.4. The van der Waals surface area contributed by atoms with Crippen molar-refractivity contribution in [2.24, 2.45) is 12.0 Å². The highest BCUT2D eigenvalue weighted by Gasteiger charge is 2.15. The second kappa shape index (κ2) is 5.05. The Morgan fingerprint density at radius 3 is 2.75 bits per heavy atom. The summed E-state index contributed by atoms with van der Waals surface area (Å²) in [5.74, 6) is 1.03. The Kier molecular flexibility index (Phi) is 3.49. The molecule has 0 bridgehead atoms. The summed E-state index contributed by atoms with van der Waals surface area (Å²) >= 11 is 0. The third kappa shape index (κ3) is 2.38. The first-order valence-electron chi connectivity index (χ1n) is 5.87. The summed E-state index contributed by atoms with van der Waals surface area (Å²) in [5, 5.41) is 3.41. The molecule has 4 heteroatoms. The molecule has 16 heavy (non-hydrogen) atoms. The van der Waals surface area contributed by atoms with E-state index >= 15 is 0 Å². The number of hydrogen-bond acceptors (Lipinski definition) is 1. The first-order chi connectivity index (χ1) is 7.81. The van der Waals surface area contributed by atoms with Gasteiger partial charge in [0.25, 0.3) is 0 Å². The number of rotatable bonds is 2. The first kappa shape index (κ1) is 11.0. The van der Waals surface area contributed by atoms with Crippen LogP contribution in [0.3, 0.4) is 0 Å². The predicted octanol–water partition coefficient (Wildman–Crippen LogP) is 1.20. The van der Waals surface area contributed by atoms with Crippen LogP contribution in [0, 0.1) is 0 Å². The van der Waals surface area contributed by atoms with Gasteiger partial charge in [0.2, 0.25) is 0 Å². The van der Waals surface area contributed by atoms with Crippen molar-refractivity contribution >= 4 is 5.96 Å². The van der Waals surface area contributed by atoms with Crippen LogP contribution in [0.25, 0.3) is 0 Å². The highest BCUT2D eigenvalue weighted by molar-refractivity contribution is 5.80. The van der Waals surface area contributed by atoms with Gasteiger partial charge in [-0.15, -0.1) is 0 Å². The van der Waals surface area contributed by atoms with Crippen LogP contribution in [0.2, 0.25) is 0 Å². The first-order valence-corrected chi connectivity index (χ1v) is 5.87. The second-order valence-electron chi connectivity index (χ2n) is 4.21. The number of aliphatic imine (C=N–C) groups is 1. The number of nitrogens with zero attached hydrogens (tertiary/aromatic N) is 3. The zero-order valence-electron chi connectivity index (χ0n) is 10.1. The van der Waals surface area contributed by atoms with Crippen molar-refractivity contribution in [2.45, 2.75) is 19.4 Å². The quantitative estimate of drug-likeness (QED) is 0.600. The average molecular weight is 220 g/mol. The predicted molar refractivity (Wildman–Crippen MR) is 66.4 cm³/mol. The Hall–Kier alpha value is -1.45. The van der Waals surface area contributed by atoms with Crippen molar-refractivity contribution in [1.29, 1.82) is 0 Å². The molecule has 0 aliphatic carbocycles. The molecule has 0 spiro atoms. The van der Waals surface area contributed by atoms with E-state index in [1.807, 2.05) is 7.05 Å². The van der Waals surface area contributed by atoms with E-state index in [4.69, 9.17) is 0 Å². The third-order valence-electron chi connectivity index (χ3n) is 3.10. The summed E-state index contributed by atoms with van der Waals surface area (Å²) in [7, 11) is 3.92. The molecule has 4 nitrogen and oxygen atoms in total. The second-order valence-corrected chi connectivity index (χ2v) is 4.21. The van der Waals surface area contributed by atoms with E-state index in [1.54, 1.807) is 0 Å². The van der Waals surface area contributed by atoms with Gasteiger partial charge in [-0.05, 0) is 25.0 Å². The highest BCUT2D eigenvalue weighted by Crippen LogP contribution is 2.07. The summed E-state index contributed by atoms with van der Waals surface area (Å²) in [5.41, 5.74) is 1.28. The van der Waals surface area contributed by atoms with E-state index in [0.717, 1.165) is 25.6 Å². The maximum Gasteiger partial charge on any atom is 0.193 e. The molecule has 0 radical (unpaired) electrons. The Bertz CT molecular complexity index is 361. The fourth-order valence-corrected chi connectivity index (χ4v) is 2.11. The fourth-order valence-electron chi connectivity index (χ4n) is 2.11. The van der Waals surface area contributed by atoms with Gasteiger partial charge in [-0.1, -0.05) is 0 Å². The van der Waals surface area contributed by atoms with Crippen molar-refractivity contribution in [1.82, 2.24) is 14.8 Å². The minimum absolute atomic E-state index is 0.840. The smallest absolute Gasteiger partial charge is 0.193 e. The van der Waals surface area contributed by atoms with Crippen molar-refractivity contribution < 1.29 is 0 Å². The van der Waals surface area contributed by atoms with Crippen LogP contribution in [0.5, 0.6) is 0 Å². The average Bonchev–Trinajstić information content (AvgIpc) is 2.92. The number of aromatic nitrogens is 1. The van der Waals surface area contributed by atoms with E-state index in [9.17, 15) is 0 Å². The molecule has 0 unspecified atom stereocenters. The van der Waals surface area contributed by atoms with E-state index in [2.05, 4.69) is 45.2 Å². The molecule has 88 valence electrons. The standard InChI is InChI=1S/C12H20N4/c1-13-12(16-8-3-4-9-16)14-10-11-6-5-7-15(11)2/h5-7H,3-4,8-10H2,1-2H3,(H,13,14). The topological polar surface area (TPSA) is 32.6 Å². The van der Waals surface area contributed by atoms with Gasteiger partial charge in [0.05, 0.1) is 6.54 Å². The summed E-state index contributed by atoms with van der Waals surface area (Å²) in [4.78, 5) is 6.64. The van der Waals surface area contributed by atoms with Crippen molar-refractivity contribution in [3.05, 3.63) is 24.0 Å². The molecule has 2 rings (SSSR count). The van der Waals surface area contributed by atoms with Crippen LogP contribution in [0.4, 0.5) is 0 Å². The van der Waals surface area contributed by atoms with Gasteiger partial charge in [0, 0.05) is 39.1 Å². The van der Waals surface area contributed by atoms with Crippen molar-refractivity contribution in [3.8, 4) is 0 Å². The van der Waals surface area contributed by atoms with Gasteiger partial charge in [-0.2, -0.15) is 0 Å². The number of hydrogen-bond donors (Lipinski definition) is 1. The molecule has 0 amide bonds. The lowest BCUT2D eigenvalue weighted by Crippen LogP contribution is -2.39. The Morgan fingerprint density at radius 1 is 1.44 bits per heavy atom. The molecule has 1 aromatic rings. The largest absolute Gasteiger partial charge is 0.353 e. The lowest BCUT2D eigenvalue weighted by Gasteiger charge is -2.20. The zero-order chi connectivity index (χ0) is 11.4. The van der Waals surface area contributed by atoms with Gasteiger partial charge in [0.1, 0.15) is 0 Å². The third-order valence-corrected chi connectivity index (χ3v) is 3.10. The molecule has 1 fully saturated rings. The van der Waals surface area contributed by atoms with E-state index in [-0.39, 0.29) is 0 Å². The van der Waals surface area contributed by atoms with Crippen LogP contribution >= 0.6 is 0 Å². The van der Waals surface area contributed by atoms with Gasteiger partial charge in [-0.25, -0.2) is 0 Å². The Balaban J connectivity index is 1.90. The summed E-state index contributed by atoms with van der Waals surface area (Å²) in [6, 6.07) is 4.19. The van der Waals surface area contributed by atoms with Crippen molar-refractivity contribution in [3.63, 3.8) is 0 Å². The van der Waals surface area contributed by atoms with Gasteiger partial charge in [-0.3, -0.25) is 4.99 Å². The molecular weight excluding hydrogens is 200 g/mol. The molecule has 2 heterocycles. The Morgan fingerprint density at radius 2 is 2.19 bits per heavy atom. The summed E-state index contributed by atoms with van der Waals surface area (Å²) in [6.45, 7) is 3.10. The molecular formula is C12H20N4. The number of likely N-dealkylation sites (tertiary alicyclic amines) is 1. The number of guanidine groups is 1. The molecule has 1 N–H and O–H groups in total. The normalized spacial score (nSPS) is 16.9. The Labute approximate surface area is 97.0 Å². The van der Waals surface area contributed by atoms with Gasteiger partial charge < -0.3 is 14.8 Å². The molecule has 1 aliphatic rings. The summed E-state index contributed by atoms with van der Waals surface area (Å²) in [6.07, 6.45) is 4.63. The molecule has 1 saturated heterocycles. The van der Waals surface area contributed by atoms with Crippen molar-refractivity contribution in [2.75, 3.05) is 20.1 Å². The van der Waals surface area contributed by atoms with E-state index in [1.165, 1.54) is 18.5 Å². The van der Waals surface area contributed by atoms with Crippen LogP contribution < -0.4 is 5.32 Å². The maximum atomic E-state index is 4.32. The van der Waals surface area contributed by atoms with Crippen LogP contribution in [-0.4, -0.2) is 35.6 Å². The van der Waals surface area contributed by atoms with Gasteiger partial charge >= 0.3 is 0 Å². The maximum absolute atomic E-state index is 4.32. The zero-order valence-corrected chi connectivity index (χ0v) is 10.1. The van der Waals surface area contributed by atoms with Crippen LogP contribution in [0.15, 0.2) is 23.3 Å². The number of aryl methyl sites for hydroxylation is 1. The number of nitrogens with one attached hydrogen (secondary N) is 1. The van der Waals surface area contributed by atoms with Crippen LogP contribution in [0.1, 0.15) is 18.5 Å². The SMILES string of the molecule is CN=C(NCc1cccn1C)N1CCCC1. The molecule has 0 atom stereocenters. The minimum atomic E-state index is 0.840. The fraction of sp³-hybridized carbons (Fsp3) is 0.583. The highest BCUT2D eigenvalue weighted by atomic mass is 15.3. The minimum Gasteiger partial charge on any atom is -0.353 e. The van der Waals surface area contributed by atoms with E-state index < -0.39 is 0 Å². The summed E-state index contributed by atoms with van der Waals surface area (Å²) < 4.78 is 2.13. The molecule has 1 aliphatic heterocycles. The molecule has 1 aromatic heterocycles.